The van der Waals surface area contributed by atoms with Gasteiger partial charge in [0.1, 0.15) is 0 Å². The smallest absolute Gasteiger partial charge is 0.314 e. The van der Waals surface area contributed by atoms with E-state index in [0.717, 1.165) is 6.42 Å². The molecule has 2 amide bonds. The summed E-state index contributed by atoms with van der Waals surface area (Å²) in [5.74, 6) is 1.49. The summed E-state index contributed by atoms with van der Waals surface area (Å²) in [5, 5.41) is 9.36. The summed E-state index contributed by atoms with van der Waals surface area (Å²) in [4.78, 5) is 15.7. The van der Waals surface area contributed by atoms with Crippen LogP contribution in [0.2, 0.25) is 0 Å². The van der Waals surface area contributed by atoms with Crippen LogP contribution in [0.25, 0.3) is 0 Å². The van der Waals surface area contributed by atoms with E-state index in [0.29, 0.717) is 44.4 Å². The number of nitrogens with zero attached hydrogens (tertiary/aromatic N) is 2. The van der Waals surface area contributed by atoms with Crippen molar-refractivity contribution in [2.24, 2.45) is 0 Å². The molecule has 0 spiro atoms. The number of hydrogen-bond donors (Lipinski definition) is 2. The lowest BCUT2D eigenvalue weighted by atomic mass is 10.2. The molecule has 0 unspecified atom stereocenters. The summed E-state index contributed by atoms with van der Waals surface area (Å²) < 4.78 is 10.3. The first-order valence-corrected chi connectivity index (χ1v) is 7.05. The standard InChI is InChI=1S/C13H24N4O3/c1-4-19-9-5-7-14-13(18)15-8-6-11-16-12(10(2)3)17-20-11/h10H,4-9H2,1-3H3,(H2,14,15,18). The molecule has 0 aliphatic carbocycles. The van der Waals surface area contributed by atoms with Crippen LogP contribution in [0.15, 0.2) is 4.52 Å². The highest BCUT2D eigenvalue weighted by atomic mass is 16.5. The van der Waals surface area contributed by atoms with Gasteiger partial charge in [0.15, 0.2) is 5.82 Å². The van der Waals surface area contributed by atoms with Gasteiger partial charge in [0.2, 0.25) is 5.89 Å². The van der Waals surface area contributed by atoms with Crippen molar-refractivity contribution >= 4 is 6.03 Å². The third kappa shape index (κ3) is 6.51. The fourth-order valence-electron chi connectivity index (χ4n) is 1.47. The number of ether oxygens (including phenoxy) is 1. The van der Waals surface area contributed by atoms with Gasteiger partial charge in [-0.05, 0) is 13.3 Å². The molecule has 0 bridgehead atoms. The molecular formula is C13H24N4O3. The highest BCUT2D eigenvalue weighted by molar-refractivity contribution is 5.73. The Labute approximate surface area is 119 Å². The molecule has 7 heteroatoms. The van der Waals surface area contributed by atoms with E-state index >= 15 is 0 Å². The third-order valence-corrected chi connectivity index (χ3v) is 2.58. The van der Waals surface area contributed by atoms with E-state index in [9.17, 15) is 4.79 Å². The van der Waals surface area contributed by atoms with E-state index in [1.165, 1.54) is 0 Å². The fraction of sp³-hybridized carbons (Fsp3) is 0.769. The zero-order chi connectivity index (χ0) is 14.8. The van der Waals surface area contributed by atoms with Gasteiger partial charge in [0.25, 0.3) is 0 Å². The van der Waals surface area contributed by atoms with Crippen molar-refractivity contribution in [3.63, 3.8) is 0 Å². The number of carbonyl (C=O) groups excluding carboxylic acids is 1. The van der Waals surface area contributed by atoms with Gasteiger partial charge in [-0.15, -0.1) is 0 Å². The minimum Gasteiger partial charge on any atom is -0.382 e. The summed E-state index contributed by atoms with van der Waals surface area (Å²) in [7, 11) is 0. The lowest BCUT2D eigenvalue weighted by molar-refractivity contribution is 0.145. The molecule has 0 fully saturated rings. The summed E-state index contributed by atoms with van der Waals surface area (Å²) in [6.07, 6.45) is 1.34. The molecule has 0 aliphatic heterocycles. The molecule has 0 atom stereocenters. The lowest BCUT2D eigenvalue weighted by Gasteiger charge is -2.06. The summed E-state index contributed by atoms with van der Waals surface area (Å²) in [6.45, 7) is 8.39. The van der Waals surface area contributed by atoms with E-state index < -0.39 is 0 Å². The largest absolute Gasteiger partial charge is 0.382 e. The second-order valence-electron chi connectivity index (χ2n) is 4.68. The van der Waals surface area contributed by atoms with Gasteiger partial charge in [0.05, 0.1) is 0 Å². The first kappa shape index (κ1) is 16.4. The monoisotopic (exact) mass is 284 g/mol. The normalized spacial score (nSPS) is 10.8. The van der Waals surface area contributed by atoms with Gasteiger partial charge >= 0.3 is 6.03 Å². The quantitative estimate of drug-likeness (QED) is 0.670. The Kier molecular flexibility index (Phi) is 7.64. The molecular weight excluding hydrogens is 260 g/mol. The van der Waals surface area contributed by atoms with Gasteiger partial charge in [-0.3, -0.25) is 0 Å². The average Bonchev–Trinajstić information content (AvgIpc) is 2.87. The van der Waals surface area contributed by atoms with E-state index in [1.54, 1.807) is 0 Å². The Morgan fingerprint density at radius 1 is 1.35 bits per heavy atom. The molecule has 20 heavy (non-hydrogen) atoms. The predicted octanol–water partition coefficient (Wildman–Crippen LogP) is 1.46. The van der Waals surface area contributed by atoms with Crippen LogP contribution in [0.4, 0.5) is 4.79 Å². The second kappa shape index (κ2) is 9.30. The number of rotatable bonds is 9. The zero-order valence-corrected chi connectivity index (χ0v) is 12.4. The van der Waals surface area contributed by atoms with Crippen LogP contribution >= 0.6 is 0 Å². The molecule has 1 aromatic heterocycles. The Balaban J connectivity index is 2.09. The van der Waals surface area contributed by atoms with Crippen LogP contribution in [-0.2, 0) is 11.2 Å². The van der Waals surface area contributed by atoms with Crippen molar-refractivity contribution in [3.05, 3.63) is 11.7 Å². The van der Waals surface area contributed by atoms with Gasteiger partial charge in [-0.25, -0.2) is 4.79 Å². The average molecular weight is 284 g/mol. The van der Waals surface area contributed by atoms with Crippen LogP contribution in [0.3, 0.4) is 0 Å². The van der Waals surface area contributed by atoms with Crippen molar-refractivity contribution < 1.29 is 14.1 Å². The number of amides is 2. The summed E-state index contributed by atoms with van der Waals surface area (Å²) in [6, 6.07) is -0.190. The first-order chi connectivity index (χ1) is 9.63. The van der Waals surface area contributed by atoms with E-state index in [1.807, 2.05) is 20.8 Å². The van der Waals surface area contributed by atoms with Crippen LogP contribution in [-0.4, -0.2) is 42.5 Å². The van der Waals surface area contributed by atoms with Crippen LogP contribution in [0.5, 0.6) is 0 Å². The molecule has 1 rings (SSSR count). The third-order valence-electron chi connectivity index (χ3n) is 2.58. The van der Waals surface area contributed by atoms with Gasteiger partial charge in [-0.1, -0.05) is 19.0 Å². The molecule has 0 radical (unpaired) electrons. The Morgan fingerprint density at radius 2 is 2.10 bits per heavy atom. The maximum absolute atomic E-state index is 11.4. The Hall–Kier alpha value is -1.63. The summed E-state index contributed by atoms with van der Waals surface area (Å²) >= 11 is 0. The molecule has 0 aliphatic rings. The molecule has 114 valence electrons. The summed E-state index contributed by atoms with van der Waals surface area (Å²) in [5.41, 5.74) is 0. The van der Waals surface area contributed by atoms with Gasteiger partial charge < -0.3 is 19.9 Å². The molecule has 7 nitrogen and oxygen atoms in total. The highest BCUT2D eigenvalue weighted by Gasteiger charge is 2.09. The maximum atomic E-state index is 11.4. The van der Waals surface area contributed by atoms with Crippen molar-refractivity contribution in [2.75, 3.05) is 26.3 Å². The SMILES string of the molecule is CCOCCCNC(=O)NCCc1nc(C(C)C)no1. The molecule has 1 heterocycles. The molecule has 0 aromatic carbocycles. The minimum absolute atomic E-state index is 0.190. The van der Waals surface area contributed by atoms with Gasteiger partial charge in [-0.2, -0.15) is 4.98 Å². The topological polar surface area (TPSA) is 89.3 Å². The van der Waals surface area contributed by atoms with E-state index in [-0.39, 0.29) is 11.9 Å². The molecule has 0 saturated heterocycles. The number of aromatic nitrogens is 2. The van der Waals surface area contributed by atoms with Gasteiger partial charge in [0, 0.05) is 38.6 Å². The number of nitrogens with one attached hydrogen (secondary N) is 2. The van der Waals surface area contributed by atoms with Crippen LogP contribution in [0.1, 0.15) is 44.8 Å². The van der Waals surface area contributed by atoms with Crippen molar-refractivity contribution in [3.8, 4) is 0 Å². The minimum atomic E-state index is -0.190. The lowest BCUT2D eigenvalue weighted by Crippen LogP contribution is -2.37. The van der Waals surface area contributed by atoms with Crippen molar-refractivity contribution in [2.45, 2.75) is 39.5 Å². The molecule has 0 saturated carbocycles. The number of urea groups is 1. The number of carbonyl (C=O) groups is 1. The fourth-order valence-corrected chi connectivity index (χ4v) is 1.47. The van der Waals surface area contributed by atoms with Crippen molar-refractivity contribution in [1.29, 1.82) is 0 Å². The van der Waals surface area contributed by atoms with Crippen LogP contribution < -0.4 is 10.6 Å². The Morgan fingerprint density at radius 3 is 2.75 bits per heavy atom. The number of hydrogen-bond acceptors (Lipinski definition) is 5. The first-order valence-electron chi connectivity index (χ1n) is 7.05. The highest BCUT2D eigenvalue weighted by Crippen LogP contribution is 2.09. The van der Waals surface area contributed by atoms with Crippen LogP contribution in [0, 0.1) is 0 Å². The Bertz CT molecular complexity index is 393. The van der Waals surface area contributed by atoms with E-state index in [2.05, 4.69) is 20.8 Å². The molecule has 1 aromatic rings. The van der Waals surface area contributed by atoms with Crippen molar-refractivity contribution in [1.82, 2.24) is 20.8 Å². The second-order valence-corrected chi connectivity index (χ2v) is 4.68. The maximum Gasteiger partial charge on any atom is 0.314 e. The van der Waals surface area contributed by atoms with E-state index in [4.69, 9.17) is 9.26 Å². The molecule has 2 N–H and O–H groups in total. The zero-order valence-electron chi connectivity index (χ0n) is 12.4. The predicted molar refractivity (Wildman–Crippen MR) is 74.6 cm³/mol.